The van der Waals surface area contributed by atoms with Crippen molar-refractivity contribution in [3.8, 4) is 5.75 Å². The minimum Gasteiger partial charge on any atom is -0.496 e. The fourth-order valence-electron chi connectivity index (χ4n) is 1.91. The van der Waals surface area contributed by atoms with Crippen LogP contribution in [0.1, 0.15) is 27.2 Å². The van der Waals surface area contributed by atoms with Crippen molar-refractivity contribution in [2.45, 2.75) is 26.4 Å². The Hall–Kier alpha value is -1.10. The molecule has 2 aromatic rings. The molecule has 1 N–H and O–H groups in total. The summed E-state index contributed by atoms with van der Waals surface area (Å²) < 4.78 is 5.25. The van der Waals surface area contributed by atoms with E-state index >= 15 is 0 Å². The van der Waals surface area contributed by atoms with E-state index in [9.17, 15) is 5.11 Å². The number of aryl methyl sites for hydroxylation is 2. The van der Waals surface area contributed by atoms with Crippen LogP contribution in [0.15, 0.2) is 18.2 Å². The third-order valence-corrected chi connectivity index (χ3v) is 4.43. The van der Waals surface area contributed by atoms with E-state index in [2.05, 4.69) is 4.98 Å². The van der Waals surface area contributed by atoms with E-state index in [1.807, 2.05) is 13.8 Å². The molecule has 19 heavy (non-hydrogen) atoms. The fourth-order valence-corrected chi connectivity index (χ4v) is 3.17. The van der Waals surface area contributed by atoms with Crippen molar-refractivity contribution in [2.24, 2.45) is 0 Å². The number of methoxy groups -OCH3 is 1. The molecule has 0 aliphatic heterocycles. The van der Waals surface area contributed by atoms with Gasteiger partial charge >= 0.3 is 0 Å². The highest BCUT2D eigenvalue weighted by molar-refractivity contribution is 7.11. The molecule has 0 aliphatic rings. The van der Waals surface area contributed by atoms with Gasteiger partial charge in [-0.15, -0.1) is 11.3 Å². The predicted molar refractivity (Wildman–Crippen MR) is 78.3 cm³/mol. The molecule has 0 aliphatic carbocycles. The summed E-state index contributed by atoms with van der Waals surface area (Å²) in [5.41, 5.74) is 1.63. The minimum absolute atomic E-state index is 0.444. The minimum atomic E-state index is -0.714. The SMILES string of the molecule is COc1cccc(Cl)c1C(O)Cc1nc(C)c(C)s1. The number of halogens is 1. The van der Waals surface area contributed by atoms with Gasteiger partial charge in [0.2, 0.25) is 0 Å². The van der Waals surface area contributed by atoms with E-state index in [1.165, 1.54) is 4.88 Å². The molecule has 1 aromatic carbocycles. The monoisotopic (exact) mass is 297 g/mol. The number of rotatable bonds is 4. The number of ether oxygens (including phenoxy) is 1. The highest BCUT2D eigenvalue weighted by atomic mass is 35.5. The topological polar surface area (TPSA) is 42.4 Å². The molecule has 3 nitrogen and oxygen atoms in total. The number of hydrogen-bond acceptors (Lipinski definition) is 4. The number of aliphatic hydroxyl groups excluding tert-OH is 1. The summed E-state index contributed by atoms with van der Waals surface area (Å²) in [6, 6.07) is 5.35. The van der Waals surface area contributed by atoms with Crippen molar-refractivity contribution in [1.29, 1.82) is 0 Å². The summed E-state index contributed by atoms with van der Waals surface area (Å²) >= 11 is 7.75. The van der Waals surface area contributed by atoms with Crippen LogP contribution in [0.3, 0.4) is 0 Å². The smallest absolute Gasteiger partial charge is 0.126 e. The Bertz CT molecular complexity index is 563. The van der Waals surface area contributed by atoms with Crippen LogP contribution >= 0.6 is 22.9 Å². The van der Waals surface area contributed by atoms with Crippen molar-refractivity contribution >= 4 is 22.9 Å². The second kappa shape index (κ2) is 5.90. The molecule has 5 heteroatoms. The molecule has 2 rings (SSSR count). The summed E-state index contributed by atoms with van der Waals surface area (Å²) in [5.74, 6) is 0.602. The largest absolute Gasteiger partial charge is 0.496 e. The van der Waals surface area contributed by atoms with Gasteiger partial charge in [0.1, 0.15) is 5.75 Å². The van der Waals surface area contributed by atoms with Gasteiger partial charge in [-0.3, -0.25) is 0 Å². The quantitative estimate of drug-likeness (QED) is 0.935. The Balaban J connectivity index is 2.27. The van der Waals surface area contributed by atoms with Crippen LogP contribution in [-0.2, 0) is 6.42 Å². The maximum Gasteiger partial charge on any atom is 0.126 e. The van der Waals surface area contributed by atoms with Gasteiger partial charge in [0.05, 0.1) is 28.9 Å². The average Bonchev–Trinajstić information content (AvgIpc) is 2.67. The molecule has 1 atom stereocenters. The summed E-state index contributed by atoms with van der Waals surface area (Å²) in [6.45, 7) is 4.00. The Labute approximate surface area is 121 Å². The van der Waals surface area contributed by atoms with Crippen LogP contribution in [0.4, 0.5) is 0 Å². The Kier molecular flexibility index (Phi) is 4.45. The number of nitrogens with zero attached hydrogens (tertiary/aromatic N) is 1. The number of benzene rings is 1. The molecule has 0 saturated carbocycles. The maximum atomic E-state index is 10.4. The van der Waals surface area contributed by atoms with E-state index in [1.54, 1.807) is 36.6 Å². The lowest BCUT2D eigenvalue weighted by Crippen LogP contribution is -2.05. The van der Waals surface area contributed by atoms with E-state index in [0.717, 1.165) is 10.7 Å². The van der Waals surface area contributed by atoms with E-state index in [-0.39, 0.29) is 0 Å². The first kappa shape index (κ1) is 14.3. The molecular formula is C14H16ClNO2S. The first-order valence-electron chi connectivity index (χ1n) is 5.96. The first-order chi connectivity index (χ1) is 9.02. The summed E-state index contributed by atoms with van der Waals surface area (Å²) in [5, 5.41) is 11.8. The molecule has 1 aromatic heterocycles. The molecule has 0 saturated heterocycles. The molecule has 1 heterocycles. The van der Waals surface area contributed by atoms with Gasteiger partial charge in [-0.2, -0.15) is 0 Å². The van der Waals surface area contributed by atoms with Crippen LogP contribution in [-0.4, -0.2) is 17.2 Å². The third kappa shape index (κ3) is 3.08. The molecule has 102 valence electrons. The summed E-state index contributed by atoms with van der Waals surface area (Å²) in [4.78, 5) is 5.61. The summed E-state index contributed by atoms with van der Waals surface area (Å²) in [6.07, 6.45) is -0.270. The molecule has 1 unspecified atom stereocenters. The van der Waals surface area contributed by atoms with Gasteiger partial charge in [0.15, 0.2) is 0 Å². The van der Waals surface area contributed by atoms with Gasteiger partial charge < -0.3 is 9.84 Å². The van der Waals surface area contributed by atoms with Crippen LogP contribution in [0.2, 0.25) is 5.02 Å². The number of hydrogen-bond donors (Lipinski definition) is 1. The van der Waals surface area contributed by atoms with Crippen molar-refractivity contribution in [2.75, 3.05) is 7.11 Å². The van der Waals surface area contributed by atoms with Crippen molar-refractivity contribution in [3.63, 3.8) is 0 Å². The van der Waals surface area contributed by atoms with Gasteiger partial charge in [0.25, 0.3) is 0 Å². The normalized spacial score (nSPS) is 12.5. The van der Waals surface area contributed by atoms with Gasteiger partial charge in [-0.05, 0) is 26.0 Å². The summed E-state index contributed by atoms with van der Waals surface area (Å²) in [7, 11) is 1.57. The molecule has 0 bridgehead atoms. The van der Waals surface area contributed by atoms with E-state index in [4.69, 9.17) is 16.3 Å². The maximum absolute atomic E-state index is 10.4. The number of aliphatic hydroxyl groups is 1. The van der Waals surface area contributed by atoms with E-state index in [0.29, 0.717) is 22.8 Å². The Morgan fingerprint density at radius 3 is 2.74 bits per heavy atom. The Morgan fingerprint density at radius 2 is 2.16 bits per heavy atom. The highest BCUT2D eigenvalue weighted by Gasteiger charge is 2.19. The molecule has 0 fully saturated rings. The second-order valence-electron chi connectivity index (χ2n) is 4.32. The lowest BCUT2D eigenvalue weighted by molar-refractivity contribution is 0.174. The van der Waals surface area contributed by atoms with Crippen LogP contribution < -0.4 is 4.74 Å². The van der Waals surface area contributed by atoms with Crippen LogP contribution in [0, 0.1) is 13.8 Å². The van der Waals surface area contributed by atoms with Crippen LogP contribution in [0.25, 0.3) is 0 Å². The second-order valence-corrected chi connectivity index (χ2v) is 6.02. The number of thiazole rings is 1. The van der Waals surface area contributed by atoms with Crippen LogP contribution in [0.5, 0.6) is 5.75 Å². The zero-order valence-corrected chi connectivity index (χ0v) is 12.7. The molecular weight excluding hydrogens is 282 g/mol. The van der Waals surface area contributed by atoms with E-state index < -0.39 is 6.10 Å². The molecule has 0 radical (unpaired) electrons. The van der Waals surface area contributed by atoms with Gasteiger partial charge in [-0.1, -0.05) is 17.7 Å². The van der Waals surface area contributed by atoms with Crippen molar-refractivity contribution < 1.29 is 9.84 Å². The lowest BCUT2D eigenvalue weighted by atomic mass is 10.1. The Morgan fingerprint density at radius 1 is 1.42 bits per heavy atom. The zero-order chi connectivity index (χ0) is 14.0. The first-order valence-corrected chi connectivity index (χ1v) is 7.15. The lowest BCUT2D eigenvalue weighted by Gasteiger charge is -2.15. The highest BCUT2D eigenvalue weighted by Crippen LogP contribution is 2.34. The fraction of sp³-hybridized carbons (Fsp3) is 0.357. The predicted octanol–water partition coefficient (Wildman–Crippen LogP) is 3.70. The molecule has 0 amide bonds. The standard InChI is InChI=1S/C14H16ClNO2S/c1-8-9(2)19-13(16-8)7-11(17)14-10(15)5-4-6-12(14)18-3/h4-6,11,17H,7H2,1-3H3. The van der Waals surface area contributed by atoms with Gasteiger partial charge in [-0.25, -0.2) is 4.98 Å². The van der Waals surface area contributed by atoms with Crippen molar-refractivity contribution in [3.05, 3.63) is 44.4 Å². The van der Waals surface area contributed by atoms with Crippen molar-refractivity contribution in [1.82, 2.24) is 4.98 Å². The zero-order valence-electron chi connectivity index (χ0n) is 11.1. The van der Waals surface area contributed by atoms with Gasteiger partial charge in [0, 0.05) is 16.9 Å². The average molecular weight is 298 g/mol. The third-order valence-electron chi connectivity index (χ3n) is 3.01. The number of aromatic nitrogens is 1. The molecule has 0 spiro atoms.